The summed E-state index contributed by atoms with van der Waals surface area (Å²) in [5, 5.41) is 11.6. The third-order valence-corrected chi connectivity index (χ3v) is 3.85. The van der Waals surface area contributed by atoms with Gasteiger partial charge in [0.15, 0.2) is 0 Å². The van der Waals surface area contributed by atoms with Gasteiger partial charge in [-0.05, 0) is 29.7 Å². The molecular weight excluding hydrogens is 328 g/mol. The molecule has 0 aliphatic rings. The molecule has 0 heterocycles. The lowest BCUT2D eigenvalue weighted by molar-refractivity contribution is -0.121. The predicted octanol–water partition coefficient (Wildman–Crippen LogP) is 3.72. The zero-order valence-corrected chi connectivity index (χ0v) is 13.9. The van der Waals surface area contributed by atoms with Crippen LogP contribution < -0.4 is 5.32 Å². The fourth-order valence-corrected chi connectivity index (χ4v) is 2.53. The number of carboxylic acid groups (broad SMARTS) is 1. The highest BCUT2D eigenvalue weighted by atomic mass is 19.1. The average molecular weight is 347 g/mol. The molecule has 0 radical (unpaired) electrons. The molecule has 2 rings (SSSR count). The van der Waals surface area contributed by atoms with Gasteiger partial charge in [-0.15, -0.1) is 0 Å². The van der Waals surface area contributed by atoms with Gasteiger partial charge in [0.25, 0.3) is 0 Å². The molecule has 0 bridgehead atoms. The quantitative estimate of drug-likeness (QED) is 0.837. The summed E-state index contributed by atoms with van der Waals surface area (Å²) in [6, 6.07) is 8.65. The molecule has 0 aliphatic heterocycles. The van der Waals surface area contributed by atoms with Crippen molar-refractivity contribution in [3.05, 3.63) is 70.8 Å². The number of hydrogen-bond donors (Lipinski definition) is 2. The van der Waals surface area contributed by atoms with Crippen molar-refractivity contribution in [2.75, 3.05) is 0 Å². The molecule has 2 aromatic carbocycles. The highest BCUT2D eigenvalue weighted by Gasteiger charge is 2.22. The van der Waals surface area contributed by atoms with E-state index in [9.17, 15) is 18.4 Å². The maximum absolute atomic E-state index is 14.0. The van der Waals surface area contributed by atoms with Crippen LogP contribution in [0.2, 0.25) is 0 Å². The van der Waals surface area contributed by atoms with E-state index in [0.29, 0.717) is 5.56 Å². The monoisotopic (exact) mass is 347 g/mol. The standard InChI is InChI=1S/C19H19F2NO3/c1-11(2)18(15-8-7-14(20)10-16(15)21)22-17(23)9-12-3-5-13(6-4-12)19(24)25/h3-8,10-11,18H,9H2,1-2H3,(H,22,23)(H,24,25). The minimum absolute atomic E-state index is 0.0337. The van der Waals surface area contributed by atoms with Crippen LogP contribution in [0.5, 0.6) is 0 Å². The molecule has 1 unspecified atom stereocenters. The Labute approximate surface area is 144 Å². The summed E-state index contributed by atoms with van der Waals surface area (Å²) in [5.74, 6) is -2.84. The van der Waals surface area contributed by atoms with Crippen LogP contribution in [0, 0.1) is 17.6 Å². The number of carbonyl (C=O) groups excluding carboxylic acids is 1. The van der Waals surface area contributed by atoms with Crippen LogP contribution in [-0.2, 0) is 11.2 Å². The van der Waals surface area contributed by atoms with Gasteiger partial charge in [0.1, 0.15) is 11.6 Å². The smallest absolute Gasteiger partial charge is 0.335 e. The summed E-state index contributed by atoms with van der Waals surface area (Å²) in [7, 11) is 0. The Bertz CT molecular complexity index is 773. The third-order valence-electron chi connectivity index (χ3n) is 3.85. The van der Waals surface area contributed by atoms with Gasteiger partial charge < -0.3 is 10.4 Å². The zero-order chi connectivity index (χ0) is 18.6. The molecule has 1 atom stereocenters. The van der Waals surface area contributed by atoms with E-state index in [0.717, 1.165) is 12.1 Å². The van der Waals surface area contributed by atoms with Crippen LogP contribution in [0.4, 0.5) is 8.78 Å². The first-order valence-corrected chi connectivity index (χ1v) is 7.84. The number of carboxylic acids is 1. The molecule has 6 heteroatoms. The van der Waals surface area contributed by atoms with Crippen LogP contribution in [0.15, 0.2) is 42.5 Å². The van der Waals surface area contributed by atoms with Gasteiger partial charge in [0.05, 0.1) is 18.0 Å². The Hall–Kier alpha value is -2.76. The topological polar surface area (TPSA) is 66.4 Å². The number of hydrogen-bond acceptors (Lipinski definition) is 2. The molecule has 2 aromatic rings. The lowest BCUT2D eigenvalue weighted by Gasteiger charge is -2.23. The maximum atomic E-state index is 14.0. The van der Waals surface area contributed by atoms with Crippen molar-refractivity contribution in [2.45, 2.75) is 26.3 Å². The minimum atomic E-state index is -1.04. The fourth-order valence-electron chi connectivity index (χ4n) is 2.53. The number of halogens is 2. The van der Waals surface area contributed by atoms with Crippen LogP contribution in [0.25, 0.3) is 0 Å². The summed E-state index contributed by atoms with van der Waals surface area (Å²) in [5.41, 5.74) is 1.01. The highest BCUT2D eigenvalue weighted by molar-refractivity contribution is 5.87. The van der Waals surface area contributed by atoms with E-state index >= 15 is 0 Å². The van der Waals surface area contributed by atoms with Gasteiger partial charge in [-0.3, -0.25) is 4.79 Å². The van der Waals surface area contributed by atoms with Crippen LogP contribution >= 0.6 is 0 Å². The lowest BCUT2D eigenvalue weighted by Crippen LogP contribution is -2.33. The molecular formula is C19H19F2NO3. The van der Waals surface area contributed by atoms with Crippen LogP contribution in [-0.4, -0.2) is 17.0 Å². The van der Waals surface area contributed by atoms with Crippen molar-refractivity contribution in [1.82, 2.24) is 5.32 Å². The van der Waals surface area contributed by atoms with Crippen molar-refractivity contribution in [3.8, 4) is 0 Å². The van der Waals surface area contributed by atoms with Crippen molar-refractivity contribution in [3.63, 3.8) is 0 Å². The molecule has 2 N–H and O–H groups in total. The van der Waals surface area contributed by atoms with E-state index in [1.165, 1.54) is 18.2 Å². The maximum Gasteiger partial charge on any atom is 0.335 e. The van der Waals surface area contributed by atoms with Gasteiger partial charge in [-0.2, -0.15) is 0 Å². The molecule has 0 fully saturated rings. The van der Waals surface area contributed by atoms with Crippen LogP contribution in [0.1, 0.15) is 41.4 Å². The summed E-state index contributed by atoms with van der Waals surface area (Å²) < 4.78 is 27.1. The second-order valence-electron chi connectivity index (χ2n) is 6.13. The van der Waals surface area contributed by atoms with Gasteiger partial charge in [-0.1, -0.05) is 32.0 Å². The normalized spacial score (nSPS) is 12.0. The molecule has 4 nitrogen and oxygen atoms in total. The second-order valence-corrected chi connectivity index (χ2v) is 6.13. The molecule has 0 aromatic heterocycles. The molecule has 1 amide bonds. The Morgan fingerprint density at radius 2 is 1.72 bits per heavy atom. The Kier molecular flexibility index (Phi) is 5.85. The average Bonchev–Trinajstić information content (AvgIpc) is 2.53. The second kappa shape index (κ2) is 7.88. The number of amides is 1. The van der Waals surface area contributed by atoms with E-state index < -0.39 is 23.6 Å². The Balaban J connectivity index is 2.11. The lowest BCUT2D eigenvalue weighted by atomic mass is 9.95. The SMILES string of the molecule is CC(C)C(NC(=O)Cc1ccc(C(=O)O)cc1)c1ccc(F)cc1F. The highest BCUT2D eigenvalue weighted by Crippen LogP contribution is 2.25. The van der Waals surface area contributed by atoms with E-state index in [1.807, 2.05) is 13.8 Å². The first-order valence-electron chi connectivity index (χ1n) is 7.84. The van der Waals surface area contributed by atoms with E-state index in [1.54, 1.807) is 12.1 Å². The summed E-state index contributed by atoms with van der Waals surface area (Å²) >= 11 is 0. The van der Waals surface area contributed by atoms with E-state index in [4.69, 9.17) is 5.11 Å². The largest absolute Gasteiger partial charge is 0.478 e. The molecule has 0 aliphatic carbocycles. The number of benzene rings is 2. The Morgan fingerprint density at radius 3 is 2.24 bits per heavy atom. The zero-order valence-electron chi connectivity index (χ0n) is 13.9. The van der Waals surface area contributed by atoms with Gasteiger partial charge in [0, 0.05) is 11.6 Å². The molecule has 25 heavy (non-hydrogen) atoms. The first-order chi connectivity index (χ1) is 11.8. The summed E-state index contributed by atoms with van der Waals surface area (Å²) in [6.45, 7) is 3.66. The van der Waals surface area contributed by atoms with Crippen molar-refractivity contribution in [1.29, 1.82) is 0 Å². The summed E-state index contributed by atoms with van der Waals surface area (Å²) in [4.78, 5) is 23.1. The van der Waals surface area contributed by atoms with Crippen molar-refractivity contribution in [2.24, 2.45) is 5.92 Å². The molecule has 0 saturated carbocycles. The van der Waals surface area contributed by atoms with E-state index in [2.05, 4.69) is 5.32 Å². The van der Waals surface area contributed by atoms with Crippen molar-refractivity contribution >= 4 is 11.9 Å². The third kappa shape index (κ3) is 4.86. The first kappa shape index (κ1) is 18.6. The summed E-state index contributed by atoms with van der Waals surface area (Å²) in [6.07, 6.45) is 0.0337. The van der Waals surface area contributed by atoms with Gasteiger partial charge >= 0.3 is 5.97 Å². The number of nitrogens with one attached hydrogen (secondary N) is 1. The Morgan fingerprint density at radius 1 is 1.08 bits per heavy atom. The fraction of sp³-hybridized carbons (Fsp3) is 0.263. The molecule has 0 spiro atoms. The van der Waals surface area contributed by atoms with Gasteiger partial charge in [-0.25, -0.2) is 13.6 Å². The number of aromatic carboxylic acids is 1. The van der Waals surface area contributed by atoms with Crippen LogP contribution in [0.3, 0.4) is 0 Å². The van der Waals surface area contributed by atoms with Crippen molar-refractivity contribution < 1.29 is 23.5 Å². The predicted molar refractivity (Wildman–Crippen MR) is 89.2 cm³/mol. The number of carbonyl (C=O) groups is 2. The van der Waals surface area contributed by atoms with E-state index in [-0.39, 0.29) is 29.4 Å². The van der Waals surface area contributed by atoms with Gasteiger partial charge in [0.2, 0.25) is 5.91 Å². The molecule has 0 saturated heterocycles. The number of rotatable bonds is 6. The molecule has 132 valence electrons. The minimum Gasteiger partial charge on any atom is -0.478 e.